The van der Waals surface area contributed by atoms with Gasteiger partial charge in [-0.3, -0.25) is 14.6 Å². The van der Waals surface area contributed by atoms with Gasteiger partial charge in [0.05, 0.1) is 6.04 Å². The Balaban J connectivity index is 1.30. The average Bonchev–Trinajstić information content (AvgIpc) is 3.27. The van der Waals surface area contributed by atoms with Crippen LogP contribution in [0.15, 0.2) is 42.5 Å². The standard InChI is InChI=1S/C25H33N3O3/c1-4-18(2)21-7-5-6-8-22(21)26-25(29)19(3)28-13-11-27(12-14-28)16-20-9-10-23-24(15-20)31-17-30-23/h5-10,15,18-19H,4,11-14,16-17H2,1-3H3,(H,26,29)/t18-,19-/m1/s1. The number of rotatable bonds is 7. The quantitative estimate of drug-likeness (QED) is 0.727. The Kier molecular flexibility index (Phi) is 6.78. The molecule has 166 valence electrons. The Labute approximate surface area is 185 Å². The van der Waals surface area contributed by atoms with E-state index in [9.17, 15) is 4.79 Å². The lowest BCUT2D eigenvalue weighted by molar-refractivity contribution is -0.121. The number of carbonyl (C=O) groups excluding carboxylic acids is 1. The minimum absolute atomic E-state index is 0.0694. The van der Waals surface area contributed by atoms with Crippen LogP contribution in [0.4, 0.5) is 5.69 Å². The minimum atomic E-state index is -0.155. The van der Waals surface area contributed by atoms with E-state index in [-0.39, 0.29) is 11.9 Å². The molecule has 6 heteroatoms. The van der Waals surface area contributed by atoms with Crippen LogP contribution in [0.1, 0.15) is 44.2 Å². The van der Waals surface area contributed by atoms with E-state index >= 15 is 0 Å². The second kappa shape index (κ2) is 9.71. The highest BCUT2D eigenvalue weighted by atomic mass is 16.7. The second-order valence-electron chi connectivity index (χ2n) is 8.56. The van der Waals surface area contributed by atoms with Gasteiger partial charge in [-0.2, -0.15) is 0 Å². The monoisotopic (exact) mass is 423 g/mol. The van der Waals surface area contributed by atoms with Gasteiger partial charge >= 0.3 is 0 Å². The topological polar surface area (TPSA) is 54.0 Å². The number of ether oxygens (including phenoxy) is 2. The Morgan fingerprint density at radius 3 is 2.55 bits per heavy atom. The van der Waals surface area contributed by atoms with Crippen LogP contribution in [0.2, 0.25) is 0 Å². The van der Waals surface area contributed by atoms with E-state index in [1.807, 2.05) is 31.2 Å². The van der Waals surface area contributed by atoms with E-state index in [2.05, 4.69) is 47.2 Å². The fraction of sp³-hybridized carbons (Fsp3) is 0.480. The molecule has 0 radical (unpaired) electrons. The van der Waals surface area contributed by atoms with Gasteiger partial charge in [-0.05, 0) is 48.6 Å². The molecule has 0 spiro atoms. The summed E-state index contributed by atoms with van der Waals surface area (Å²) in [5, 5.41) is 3.18. The normalized spacial score (nSPS) is 18.5. The van der Waals surface area contributed by atoms with Crippen LogP contribution in [0.5, 0.6) is 11.5 Å². The molecule has 4 rings (SSSR count). The van der Waals surface area contributed by atoms with Crippen molar-refractivity contribution in [3.63, 3.8) is 0 Å². The molecule has 0 saturated carbocycles. The summed E-state index contributed by atoms with van der Waals surface area (Å²) < 4.78 is 10.9. The summed E-state index contributed by atoms with van der Waals surface area (Å²) >= 11 is 0. The SMILES string of the molecule is CC[C@@H](C)c1ccccc1NC(=O)[C@@H](C)N1CCN(Cc2ccc3c(c2)OCO3)CC1. The number of hydrogen-bond donors (Lipinski definition) is 1. The molecule has 2 aliphatic heterocycles. The molecule has 2 aliphatic rings. The predicted octanol–water partition coefficient (Wildman–Crippen LogP) is 4.07. The van der Waals surface area contributed by atoms with Crippen LogP contribution in [-0.4, -0.2) is 54.7 Å². The largest absolute Gasteiger partial charge is 0.454 e. The number of hydrogen-bond acceptors (Lipinski definition) is 5. The zero-order valence-corrected chi connectivity index (χ0v) is 18.8. The van der Waals surface area contributed by atoms with Crippen LogP contribution in [0.3, 0.4) is 0 Å². The zero-order chi connectivity index (χ0) is 21.8. The van der Waals surface area contributed by atoms with E-state index in [1.165, 1.54) is 11.1 Å². The number of para-hydroxylation sites is 1. The maximum Gasteiger partial charge on any atom is 0.241 e. The Hall–Kier alpha value is -2.57. The molecular formula is C25H33N3O3. The van der Waals surface area contributed by atoms with E-state index in [0.717, 1.165) is 56.3 Å². The second-order valence-corrected chi connectivity index (χ2v) is 8.56. The van der Waals surface area contributed by atoms with Gasteiger partial charge in [-0.1, -0.05) is 38.1 Å². The van der Waals surface area contributed by atoms with Crippen LogP contribution < -0.4 is 14.8 Å². The van der Waals surface area contributed by atoms with Gasteiger partial charge in [0, 0.05) is 38.4 Å². The fourth-order valence-electron chi connectivity index (χ4n) is 4.27. The Morgan fingerprint density at radius 1 is 1.03 bits per heavy atom. The van der Waals surface area contributed by atoms with Crippen LogP contribution >= 0.6 is 0 Å². The van der Waals surface area contributed by atoms with Gasteiger partial charge in [0.1, 0.15) is 0 Å². The van der Waals surface area contributed by atoms with Crippen molar-refractivity contribution in [2.75, 3.05) is 38.3 Å². The van der Waals surface area contributed by atoms with Crippen LogP contribution in [0, 0.1) is 0 Å². The van der Waals surface area contributed by atoms with Gasteiger partial charge in [0.25, 0.3) is 0 Å². The molecule has 1 N–H and O–H groups in total. The van der Waals surface area contributed by atoms with Gasteiger partial charge in [0.2, 0.25) is 12.7 Å². The van der Waals surface area contributed by atoms with Crippen molar-refractivity contribution in [3.05, 3.63) is 53.6 Å². The summed E-state index contributed by atoms with van der Waals surface area (Å²) in [5.41, 5.74) is 3.37. The first-order chi connectivity index (χ1) is 15.0. The zero-order valence-electron chi connectivity index (χ0n) is 18.8. The molecule has 0 aromatic heterocycles. The Morgan fingerprint density at radius 2 is 1.77 bits per heavy atom. The number of piperazine rings is 1. The van der Waals surface area contributed by atoms with Crippen molar-refractivity contribution in [1.82, 2.24) is 9.80 Å². The summed E-state index contributed by atoms with van der Waals surface area (Å²) in [7, 11) is 0. The average molecular weight is 424 g/mol. The molecule has 1 amide bonds. The van der Waals surface area contributed by atoms with E-state index < -0.39 is 0 Å². The number of benzene rings is 2. The molecule has 6 nitrogen and oxygen atoms in total. The third-order valence-electron chi connectivity index (χ3n) is 6.54. The summed E-state index contributed by atoms with van der Waals surface area (Å²) in [5.74, 6) is 2.15. The molecular weight excluding hydrogens is 390 g/mol. The van der Waals surface area contributed by atoms with Crippen molar-refractivity contribution in [2.45, 2.75) is 45.7 Å². The van der Waals surface area contributed by atoms with E-state index in [0.29, 0.717) is 12.7 Å². The summed E-state index contributed by atoms with van der Waals surface area (Å²) in [4.78, 5) is 17.7. The van der Waals surface area contributed by atoms with E-state index in [1.54, 1.807) is 0 Å². The molecule has 2 heterocycles. The first kappa shape index (κ1) is 21.7. The molecule has 0 unspecified atom stereocenters. The molecule has 0 bridgehead atoms. The summed E-state index contributed by atoms with van der Waals surface area (Å²) in [6, 6.07) is 14.2. The van der Waals surface area contributed by atoms with Crippen molar-refractivity contribution in [3.8, 4) is 11.5 Å². The number of carbonyl (C=O) groups is 1. The van der Waals surface area contributed by atoms with Crippen molar-refractivity contribution >= 4 is 11.6 Å². The van der Waals surface area contributed by atoms with Crippen molar-refractivity contribution in [2.24, 2.45) is 0 Å². The highest BCUT2D eigenvalue weighted by Crippen LogP contribution is 2.33. The highest BCUT2D eigenvalue weighted by Gasteiger charge is 2.26. The lowest BCUT2D eigenvalue weighted by Crippen LogP contribution is -2.52. The van der Waals surface area contributed by atoms with Crippen LogP contribution in [0.25, 0.3) is 0 Å². The lowest BCUT2D eigenvalue weighted by atomic mass is 9.97. The van der Waals surface area contributed by atoms with Crippen LogP contribution in [-0.2, 0) is 11.3 Å². The number of nitrogens with one attached hydrogen (secondary N) is 1. The first-order valence-electron chi connectivity index (χ1n) is 11.3. The maximum absolute atomic E-state index is 13.0. The molecule has 1 saturated heterocycles. The number of amides is 1. The predicted molar refractivity (Wildman–Crippen MR) is 123 cm³/mol. The third-order valence-corrected chi connectivity index (χ3v) is 6.54. The molecule has 2 atom stereocenters. The summed E-state index contributed by atoms with van der Waals surface area (Å²) in [6.07, 6.45) is 1.05. The van der Waals surface area contributed by atoms with Gasteiger partial charge in [0.15, 0.2) is 11.5 Å². The van der Waals surface area contributed by atoms with Gasteiger partial charge in [-0.15, -0.1) is 0 Å². The molecule has 2 aromatic rings. The first-order valence-corrected chi connectivity index (χ1v) is 11.3. The lowest BCUT2D eigenvalue weighted by Gasteiger charge is -2.37. The van der Waals surface area contributed by atoms with Gasteiger partial charge in [-0.25, -0.2) is 0 Å². The number of anilines is 1. The van der Waals surface area contributed by atoms with Crippen molar-refractivity contribution < 1.29 is 14.3 Å². The third kappa shape index (κ3) is 5.02. The molecule has 2 aromatic carbocycles. The minimum Gasteiger partial charge on any atom is -0.454 e. The van der Waals surface area contributed by atoms with E-state index in [4.69, 9.17) is 9.47 Å². The molecule has 31 heavy (non-hydrogen) atoms. The fourth-order valence-corrected chi connectivity index (χ4v) is 4.27. The summed E-state index contributed by atoms with van der Waals surface area (Å²) in [6.45, 7) is 11.2. The smallest absolute Gasteiger partial charge is 0.241 e. The van der Waals surface area contributed by atoms with Gasteiger partial charge < -0.3 is 14.8 Å². The molecule has 1 fully saturated rings. The highest BCUT2D eigenvalue weighted by molar-refractivity contribution is 5.95. The maximum atomic E-state index is 13.0. The molecule has 0 aliphatic carbocycles. The van der Waals surface area contributed by atoms with Crippen molar-refractivity contribution in [1.29, 1.82) is 0 Å². The number of nitrogens with zero attached hydrogens (tertiary/aromatic N) is 2. The number of fused-ring (bicyclic) bond motifs is 1. The Bertz CT molecular complexity index is 909.